The molecule has 0 atom stereocenters. The molecule has 1 N–H and O–H groups in total. The molecular weight excluding hydrogens is 274 g/mol. The topological polar surface area (TPSA) is 62.8 Å². The van der Waals surface area contributed by atoms with Crippen molar-refractivity contribution in [3.8, 4) is 11.3 Å². The lowest BCUT2D eigenvalue weighted by Gasteiger charge is -2.02. The Morgan fingerprint density at radius 2 is 2.00 bits per heavy atom. The van der Waals surface area contributed by atoms with Crippen molar-refractivity contribution in [1.82, 2.24) is 10.2 Å². The molecule has 0 aliphatic carbocycles. The van der Waals surface area contributed by atoms with E-state index in [2.05, 4.69) is 10.2 Å². The van der Waals surface area contributed by atoms with Gasteiger partial charge in [0, 0.05) is 22.3 Å². The first-order valence-electron chi connectivity index (χ1n) is 4.33. The van der Waals surface area contributed by atoms with Crippen LogP contribution in [0.1, 0.15) is 0 Å². The summed E-state index contributed by atoms with van der Waals surface area (Å²) in [5, 5.41) is 5.79. The first kappa shape index (κ1) is 12.0. The Kier molecular flexibility index (Phi) is 2.88. The van der Waals surface area contributed by atoms with Gasteiger partial charge >= 0.3 is 0 Å². The molecule has 0 spiro atoms. The molecular formula is C9H5ClF2N2O2S. The second kappa shape index (κ2) is 4.08. The zero-order valence-corrected chi connectivity index (χ0v) is 9.69. The van der Waals surface area contributed by atoms with E-state index in [1.165, 1.54) is 0 Å². The molecule has 1 aromatic heterocycles. The molecule has 0 fully saturated rings. The third-order valence-corrected chi connectivity index (χ3v) is 3.40. The number of H-pyrrole nitrogens is 1. The molecule has 2 rings (SSSR count). The maximum Gasteiger partial charge on any atom is 0.265 e. The van der Waals surface area contributed by atoms with Gasteiger partial charge in [-0.25, -0.2) is 17.2 Å². The number of benzene rings is 1. The molecule has 2 aromatic rings. The summed E-state index contributed by atoms with van der Waals surface area (Å²) in [6.07, 6.45) is 0.959. The third-order valence-electron chi connectivity index (χ3n) is 2.07. The molecule has 90 valence electrons. The van der Waals surface area contributed by atoms with Crippen LogP contribution in [0.2, 0.25) is 0 Å². The Morgan fingerprint density at radius 1 is 1.29 bits per heavy atom. The van der Waals surface area contributed by atoms with Gasteiger partial charge in [-0.05, 0) is 12.1 Å². The zero-order chi connectivity index (χ0) is 12.6. The highest BCUT2D eigenvalue weighted by Crippen LogP contribution is 2.29. The minimum absolute atomic E-state index is 0.113. The van der Waals surface area contributed by atoms with Crippen LogP contribution in [0.5, 0.6) is 0 Å². The van der Waals surface area contributed by atoms with E-state index in [0.717, 1.165) is 18.3 Å². The van der Waals surface area contributed by atoms with Gasteiger partial charge in [-0.2, -0.15) is 5.10 Å². The van der Waals surface area contributed by atoms with Gasteiger partial charge in [0.15, 0.2) is 0 Å². The van der Waals surface area contributed by atoms with Gasteiger partial charge in [0.2, 0.25) is 0 Å². The predicted molar refractivity (Wildman–Crippen MR) is 57.0 cm³/mol. The quantitative estimate of drug-likeness (QED) is 0.857. The van der Waals surface area contributed by atoms with Gasteiger partial charge in [0.25, 0.3) is 9.05 Å². The summed E-state index contributed by atoms with van der Waals surface area (Å²) in [4.78, 5) is -0.357. The second-order valence-electron chi connectivity index (χ2n) is 3.17. The van der Waals surface area contributed by atoms with Crippen LogP contribution in [0, 0.1) is 11.6 Å². The first-order chi connectivity index (χ1) is 7.89. The Hall–Kier alpha value is -1.47. The standard InChI is InChI=1S/C9H5ClF2N2O2S/c10-17(15,16)8-4-13-14-9(8)6-2-1-5(11)3-7(6)12/h1-4H,(H,13,14). The summed E-state index contributed by atoms with van der Waals surface area (Å²) in [5.41, 5.74) is -0.236. The monoisotopic (exact) mass is 278 g/mol. The summed E-state index contributed by atoms with van der Waals surface area (Å²) in [6.45, 7) is 0. The van der Waals surface area contributed by atoms with E-state index in [1.54, 1.807) is 0 Å². The van der Waals surface area contributed by atoms with Crippen LogP contribution in [0.25, 0.3) is 11.3 Å². The molecule has 0 amide bonds. The predicted octanol–water partition coefficient (Wildman–Crippen LogP) is 2.28. The Balaban J connectivity index is 2.66. The number of nitrogens with one attached hydrogen (secondary N) is 1. The molecule has 17 heavy (non-hydrogen) atoms. The van der Waals surface area contributed by atoms with E-state index in [1.807, 2.05) is 0 Å². The largest absolute Gasteiger partial charge is 0.276 e. The van der Waals surface area contributed by atoms with E-state index < -0.39 is 20.7 Å². The first-order valence-corrected chi connectivity index (χ1v) is 6.64. The molecule has 0 aliphatic heterocycles. The van der Waals surface area contributed by atoms with Crippen LogP contribution in [0.3, 0.4) is 0 Å². The number of hydrogen-bond acceptors (Lipinski definition) is 3. The number of nitrogens with zero attached hydrogens (tertiary/aromatic N) is 1. The smallest absolute Gasteiger partial charge is 0.265 e. The molecule has 4 nitrogen and oxygen atoms in total. The summed E-state index contributed by atoms with van der Waals surface area (Å²) < 4.78 is 48.5. The summed E-state index contributed by atoms with van der Waals surface area (Å²) >= 11 is 0. The average Bonchev–Trinajstić information content (AvgIpc) is 2.65. The molecule has 1 heterocycles. The van der Waals surface area contributed by atoms with Crippen molar-refractivity contribution < 1.29 is 17.2 Å². The maximum absolute atomic E-state index is 13.5. The molecule has 0 radical (unpaired) electrons. The molecule has 0 aliphatic rings. The van der Waals surface area contributed by atoms with Crippen molar-refractivity contribution in [2.75, 3.05) is 0 Å². The average molecular weight is 279 g/mol. The normalized spacial score (nSPS) is 11.7. The fourth-order valence-electron chi connectivity index (χ4n) is 1.35. The minimum atomic E-state index is -4.05. The zero-order valence-electron chi connectivity index (χ0n) is 8.12. The number of aromatic amines is 1. The minimum Gasteiger partial charge on any atom is -0.276 e. The Labute approximate surface area is 99.6 Å². The fraction of sp³-hybridized carbons (Fsp3) is 0. The lowest BCUT2D eigenvalue weighted by Crippen LogP contribution is -1.94. The van der Waals surface area contributed by atoms with Gasteiger partial charge in [-0.1, -0.05) is 0 Å². The van der Waals surface area contributed by atoms with Crippen LogP contribution in [0.4, 0.5) is 8.78 Å². The number of halogens is 3. The summed E-state index contributed by atoms with van der Waals surface area (Å²) in [5.74, 6) is -1.67. The number of hydrogen-bond donors (Lipinski definition) is 1. The summed E-state index contributed by atoms with van der Waals surface area (Å²) in [7, 11) is 1.11. The highest BCUT2D eigenvalue weighted by Gasteiger charge is 2.21. The van der Waals surface area contributed by atoms with E-state index in [9.17, 15) is 17.2 Å². The van der Waals surface area contributed by atoms with Gasteiger partial charge < -0.3 is 0 Å². The van der Waals surface area contributed by atoms with Crippen LogP contribution >= 0.6 is 10.7 Å². The lowest BCUT2D eigenvalue weighted by molar-refractivity contribution is 0.585. The molecule has 0 saturated carbocycles. The van der Waals surface area contributed by atoms with Crippen molar-refractivity contribution in [2.24, 2.45) is 0 Å². The van der Waals surface area contributed by atoms with Crippen LogP contribution in [-0.4, -0.2) is 18.6 Å². The van der Waals surface area contributed by atoms with Crippen LogP contribution in [-0.2, 0) is 9.05 Å². The number of aromatic nitrogens is 2. The summed E-state index contributed by atoms with van der Waals surface area (Å²) in [6, 6.07) is 2.74. The molecule has 8 heteroatoms. The maximum atomic E-state index is 13.5. The van der Waals surface area contributed by atoms with Crippen LogP contribution < -0.4 is 0 Å². The van der Waals surface area contributed by atoms with Crippen LogP contribution in [0.15, 0.2) is 29.3 Å². The van der Waals surface area contributed by atoms with E-state index in [0.29, 0.717) is 6.07 Å². The van der Waals surface area contributed by atoms with Crippen molar-refractivity contribution in [3.05, 3.63) is 36.0 Å². The Bertz CT molecular complexity index is 669. The van der Waals surface area contributed by atoms with E-state index in [4.69, 9.17) is 10.7 Å². The van der Waals surface area contributed by atoms with Gasteiger partial charge in [-0.15, -0.1) is 0 Å². The third kappa shape index (κ3) is 2.29. The Morgan fingerprint density at radius 3 is 2.59 bits per heavy atom. The van der Waals surface area contributed by atoms with E-state index in [-0.39, 0.29) is 16.2 Å². The molecule has 0 saturated heterocycles. The number of rotatable bonds is 2. The van der Waals surface area contributed by atoms with Crippen molar-refractivity contribution in [3.63, 3.8) is 0 Å². The van der Waals surface area contributed by atoms with Crippen molar-refractivity contribution in [2.45, 2.75) is 4.90 Å². The SMILES string of the molecule is O=S(=O)(Cl)c1cn[nH]c1-c1ccc(F)cc1F. The van der Waals surface area contributed by atoms with Crippen molar-refractivity contribution >= 4 is 19.7 Å². The fourth-order valence-corrected chi connectivity index (χ4v) is 2.27. The molecule has 0 unspecified atom stereocenters. The molecule has 1 aromatic carbocycles. The highest BCUT2D eigenvalue weighted by molar-refractivity contribution is 8.13. The molecule has 0 bridgehead atoms. The van der Waals surface area contributed by atoms with Gasteiger partial charge in [0.05, 0.1) is 11.9 Å². The van der Waals surface area contributed by atoms with Crippen molar-refractivity contribution in [1.29, 1.82) is 0 Å². The lowest BCUT2D eigenvalue weighted by atomic mass is 10.1. The van der Waals surface area contributed by atoms with E-state index >= 15 is 0 Å². The van der Waals surface area contributed by atoms with Gasteiger partial charge in [-0.3, -0.25) is 5.10 Å². The van der Waals surface area contributed by atoms with Gasteiger partial charge in [0.1, 0.15) is 16.5 Å². The second-order valence-corrected chi connectivity index (χ2v) is 5.71. The highest BCUT2D eigenvalue weighted by atomic mass is 35.7.